The summed E-state index contributed by atoms with van der Waals surface area (Å²) in [5.41, 5.74) is 2.13. The van der Waals surface area contributed by atoms with E-state index in [2.05, 4.69) is 4.98 Å². The average molecular weight is 402 g/mol. The molecule has 3 aromatic rings. The van der Waals surface area contributed by atoms with Crippen LogP contribution in [0.5, 0.6) is 0 Å². The van der Waals surface area contributed by atoms with Gasteiger partial charge in [0.2, 0.25) is 0 Å². The van der Waals surface area contributed by atoms with Gasteiger partial charge in [-0.15, -0.1) is 11.3 Å². The molecule has 4 rings (SSSR count). The van der Waals surface area contributed by atoms with Gasteiger partial charge >= 0.3 is 0 Å². The number of fused-ring (bicyclic) bond motifs is 1. The molecule has 5 nitrogen and oxygen atoms in total. The van der Waals surface area contributed by atoms with Gasteiger partial charge < -0.3 is 4.90 Å². The summed E-state index contributed by atoms with van der Waals surface area (Å²) in [5.74, 6) is -0.744. The lowest BCUT2D eigenvalue weighted by atomic mass is 10.1. The van der Waals surface area contributed by atoms with Crippen LogP contribution in [0.4, 0.5) is 4.39 Å². The largest absolute Gasteiger partial charge is 0.330 e. The molecule has 0 radical (unpaired) electrons. The second-order valence-electron chi connectivity index (χ2n) is 6.28. The van der Waals surface area contributed by atoms with Gasteiger partial charge in [0.25, 0.3) is 5.91 Å². The van der Waals surface area contributed by atoms with Crippen LogP contribution in [0.2, 0.25) is 0 Å². The maximum absolute atomic E-state index is 13.0. The van der Waals surface area contributed by atoms with Gasteiger partial charge in [0.05, 0.1) is 4.90 Å². The number of rotatable bonds is 4. The lowest BCUT2D eigenvalue weighted by Gasteiger charge is -2.15. The van der Waals surface area contributed by atoms with Crippen LogP contribution in [-0.4, -0.2) is 24.2 Å². The summed E-state index contributed by atoms with van der Waals surface area (Å²) in [6.07, 6.45) is 1.58. The van der Waals surface area contributed by atoms with Crippen LogP contribution in [0.15, 0.2) is 58.9 Å². The van der Waals surface area contributed by atoms with Crippen LogP contribution in [0.1, 0.15) is 26.5 Å². The van der Waals surface area contributed by atoms with E-state index >= 15 is 0 Å². The summed E-state index contributed by atoms with van der Waals surface area (Å²) in [5, 5.41) is 2.29. The molecule has 0 atom stereocenters. The van der Waals surface area contributed by atoms with Gasteiger partial charge in [-0.3, -0.25) is 4.79 Å². The molecule has 0 aliphatic carbocycles. The number of carbonyl (C=O) groups excluding carboxylic acids is 1. The van der Waals surface area contributed by atoms with Crippen molar-refractivity contribution in [3.05, 3.63) is 81.6 Å². The molecule has 0 saturated carbocycles. The molecule has 138 valence electrons. The molecule has 27 heavy (non-hydrogen) atoms. The van der Waals surface area contributed by atoms with Crippen molar-refractivity contribution in [1.29, 1.82) is 0 Å². The van der Waals surface area contributed by atoms with E-state index in [0.717, 1.165) is 11.1 Å². The van der Waals surface area contributed by atoms with Crippen molar-refractivity contribution < 1.29 is 17.6 Å². The number of sulfone groups is 1. The maximum Gasteiger partial charge on any atom is 0.254 e. The number of benzene rings is 2. The fourth-order valence-corrected chi connectivity index (χ4v) is 5.35. The highest BCUT2D eigenvalue weighted by molar-refractivity contribution is 7.90. The van der Waals surface area contributed by atoms with E-state index < -0.39 is 15.7 Å². The molecule has 1 aliphatic heterocycles. The van der Waals surface area contributed by atoms with Crippen molar-refractivity contribution in [3.63, 3.8) is 0 Å². The quantitative estimate of drug-likeness (QED) is 0.671. The molecule has 1 aromatic heterocycles. The zero-order chi connectivity index (χ0) is 19.0. The Morgan fingerprint density at radius 3 is 2.56 bits per heavy atom. The predicted octanol–water partition coefficient (Wildman–Crippen LogP) is 3.41. The molecule has 0 spiro atoms. The smallest absolute Gasteiger partial charge is 0.254 e. The summed E-state index contributed by atoms with van der Waals surface area (Å²) >= 11 is 1.30. The van der Waals surface area contributed by atoms with E-state index in [1.165, 1.54) is 35.6 Å². The monoisotopic (exact) mass is 402 g/mol. The number of thiazole rings is 1. The van der Waals surface area contributed by atoms with E-state index in [-0.39, 0.29) is 16.6 Å². The molecular formula is C19H15FN2O3S2. The minimum absolute atomic E-state index is 0.137. The molecule has 0 unspecified atom stereocenters. The predicted molar refractivity (Wildman–Crippen MR) is 99.4 cm³/mol. The first kappa shape index (κ1) is 17.8. The average Bonchev–Trinajstić information content (AvgIpc) is 3.30. The first-order valence-corrected chi connectivity index (χ1v) is 10.7. The number of hydrogen-bond donors (Lipinski definition) is 0. The normalized spacial score (nSPS) is 13.6. The van der Waals surface area contributed by atoms with Crippen molar-refractivity contribution in [2.75, 3.05) is 0 Å². The zero-order valence-corrected chi connectivity index (χ0v) is 15.8. The summed E-state index contributed by atoms with van der Waals surface area (Å²) in [7, 11) is -3.50. The number of halogens is 1. The highest BCUT2D eigenvalue weighted by Gasteiger charge is 2.26. The molecule has 0 saturated heterocycles. The lowest BCUT2D eigenvalue weighted by Crippen LogP contribution is -2.25. The van der Waals surface area contributed by atoms with Crippen LogP contribution in [-0.2, 0) is 28.7 Å². The highest BCUT2D eigenvalue weighted by atomic mass is 32.2. The first-order chi connectivity index (χ1) is 12.9. The minimum atomic E-state index is -3.50. The Hall–Kier alpha value is -2.58. The summed E-state index contributed by atoms with van der Waals surface area (Å²) < 4.78 is 38.3. The molecule has 2 aromatic carbocycles. The van der Waals surface area contributed by atoms with Crippen LogP contribution in [0.3, 0.4) is 0 Å². The Kier molecular flexibility index (Phi) is 4.53. The SMILES string of the molecule is O=C(c1ccc(F)cc1)N1Cc2ccc(S(=O)(=O)Cc3nccs3)cc2C1. The van der Waals surface area contributed by atoms with E-state index in [1.54, 1.807) is 34.7 Å². The molecule has 1 amide bonds. The third-order valence-corrected chi connectivity index (χ3v) is 7.02. The molecule has 0 N–H and O–H groups in total. The van der Waals surface area contributed by atoms with Crippen molar-refractivity contribution >= 4 is 27.1 Å². The fourth-order valence-electron chi connectivity index (χ4n) is 3.05. The standard InChI is InChI=1S/C19H15FN2O3S2/c20-16-4-1-13(2-5-16)19(23)22-10-14-3-6-17(9-15(14)11-22)27(24,25)12-18-21-7-8-26-18/h1-9H,10-12H2. The Labute approximate surface area is 160 Å². The van der Waals surface area contributed by atoms with Gasteiger partial charge in [-0.25, -0.2) is 17.8 Å². The van der Waals surface area contributed by atoms with Gasteiger partial charge in [-0.2, -0.15) is 0 Å². The van der Waals surface area contributed by atoms with Crippen LogP contribution < -0.4 is 0 Å². The van der Waals surface area contributed by atoms with E-state index in [9.17, 15) is 17.6 Å². The van der Waals surface area contributed by atoms with Gasteiger partial charge in [-0.1, -0.05) is 6.07 Å². The minimum Gasteiger partial charge on any atom is -0.330 e. The van der Waals surface area contributed by atoms with Gasteiger partial charge in [0.1, 0.15) is 16.6 Å². The number of nitrogens with zero attached hydrogens (tertiary/aromatic N) is 2. The second kappa shape index (κ2) is 6.86. The van der Waals surface area contributed by atoms with Crippen molar-refractivity contribution in [3.8, 4) is 0 Å². The number of carbonyl (C=O) groups is 1. The number of amides is 1. The van der Waals surface area contributed by atoms with Crippen molar-refractivity contribution in [2.45, 2.75) is 23.7 Å². The molecule has 0 fully saturated rings. The van der Waals surface area contributed by atoms with Gasteiger partial charge in [0, 0.05) is 30.2 Å². The van der Waals surface area contributed by atoms with Crippen molar-refractivity contribution in [1.82, 2.24) is 9.88 Å². The highest BCUT2D eigenvalue weighted by Crippen LogP contribution is 2.28. The number of aromatic nitrogens is 1. The van der Waals surface area contributed by atoms with Crippen LogP contribution in [0.25, 0.3) is 0 Å². The summed E-state index contributed by atoms with van der Waals surface area (Å²) in [6.45, 7) is 0.727. The third kappa shape index (κ3) is 3.63. The molecule has 0 bridgehead atoms. The molecule has 2 heterocycles. The second-order valence-corrected chi connectivity index (χ2v) is 9.25. The topological polar surface area (TPSA) is 67.3 Å². The van der Waals surface area contributed by atoms with Crippen LogP contribution >= 0.6 is 11.3 Å². The molecular weight excluding hydrogens is 387 g/mol. The first-order valence-electron chi connectivity index (χ1n) is 8.20. The molecule has 8 heteroatoms. The Bertz CT molecular complexity index is 1090. The fraction of sp³-hybridized carbons (Fsp3) is 0.158. The Morgan fingerprint density at radius 1 is 1.11 bits per heavy atom. The summed E-state index contributed by atoms with van der Waals surface area (Å²) in [4.78, 5) is 18.5. The molecule has 1 aliphatic rings. The zero-order valence-electron chi connectivity index (χ0n) is 14.1. The van der Waals surface area contributed by atoms with Crippen molar-refractivity contribution in [2.24, 2.45) is 0 Å². The third-order valence-electron chi connectivity index (χ3n) is 4.43. The van der Waals surface area contributed by atoms with E-state index in [4.69, 9.17) is 0 Å². The lowest BCUT2D eigenvalue weighted by molar-refractivity contribution is 0.0751. The van der Waals surface area contributed by atoms with Gasteiger partial charge in [0.15, 0.2) is 9.84 Å². The number of hydrogen-bond acceptors (Lipinski definition) is 5. The van der Waals surface area contributed by atoms with Gasteiger partial charge in [-0.05, 0) is 47.5 Å². The Balaban J connectivity index is 1.55. The van der Waals surface area contributed by atoms with Crippen LogP contribution in [0, 0.1) is 5.82 Å². The van der Waals surface area contributed by atoms with E-state index in [1.807, 2.05) is 0 Å². The maximum atomic E-state index is 13.0. The summed E-state index contributed by atoms with van der Waals surface area (Å²) in [6, 6.07) is 10.4. The Morgan fingerprint density at radius 2 is 1.85 bits per heavy atom. The van der Waals surface area contributed by atoms with E-state index in [0.29, 0.717) is 23.7 Å².